The van der Waals surface area contributed by atoms with Crippen LogP contribution in [0.3, 0.4) is 0 Å². The first-order valence-corrected chi connectivity index (χ1v) is 14.7. The average Bonchev–Trinajstić information content (AvgIpc) is 2.91. The molecule has 1 fully saturated rings. The predicted molar refractivity (Wildman–Crippen MR) is 147 cm³/mol. The summed E-state index contributed by atoms with van der Waals surface area (Å²) in [5, 5.41) is 17.8. The summed E-state index contributed by atoms with van der Waals surface area (Å²) < 4.78 is 1.66. The number of carboxylic acids is 1. The fourth-order valence-corrected chi connectivity index (χ4v) is 6.91. The van der Waals surface area contributed by atoms with E-state index in [2.05, 4.69) is 10.6 Å². The third kappa shape index (κ3) is 6.64. The molecule has 0 unspecified atom stereocenters. The van der Waals surface area contributed by atoms with Crippen LogP contribution in [0.15, 0.2) is 52.8 Å². The quantitative estimate of drug-likeness (QED) is 0.151. The Kier molecular flexibility index (Phi) is 9.68. The number of pyridine rings is 1. The number of thioether (sulfide) groups is 2. The second kappa shape index (κ2) is 12.8. The van der Waals surface area contributed by atoms with Gasteiger partial charge in [0.05, 0.1) is 32.5 Å². The topological polar surface area (TPSA) is 149 Å². The Morgan fingerprint density at radius 3 is 2.67 bits per heavy atom. The first-order chi connectivity index (χ1) is 18.6. The molecule has 206 valence electrons. The van der Waals surface area contributed by atoms with Crippen LogP contribution in [0.4, 0.5) is 0 Å². The number of hydrogen-bond donors (Lipinski definition) is 3. The number of halogens is 3. The monoisotopic (exact) mass is 629 g/mol. The number of rotatable bonds is 10. The predicted octanol–water partition coefficient (Wildman–Crippen LogP) is 0.819. The van der Waals surface area contributed by atoms with Gasteiger partial charge in [0.1, 0.15) is 17.0 Å². The molecule has 2 aromatic rings. The molecule has 4 N–H and O–H groups in total. The summed E-state index contributed by atoms with van der Waals surface area (Å²) in [5.41, 5.74) is 6.03. The molecule has 3 heterocycles. The van der Waals surface area contributed by atoms with Gasteiger partial charge in [0.2, 0.25) is 5.91 Å². The first-order valence-electron chi connectivity index (χ1n) is 11.5. The number of nitrogens with zero attached hydrogens (tertiary/aromatic N) is 2. The van der Waals surface area contributed by atoms with Crippen molar-refractivity contribution in [1.82, 2.24) is 15.5 Å². The number of benzene rings is 1. The summed E-state index contributed by atoms with van der Waals surface area (Å²) in [6.45, 7) is 0.750. The number of aliphatic carboxylic acids is 1. The second-order valence-corrected chi connectivity index (χ2v) is 11.8. The number of nitrogens with one attached hydrogen (secondary N) is 2. The van der Waals surface area contributed by atoms with Crippen molar-refractivity contribution in [2.45, 2.75) is 22.9 Å². The van der Waals surface area contributed by atoms with Crippen molar-refractivity contribution >= 4 is 82.0 Å². The molecule has 0 bridgehead atoms. The third-order valence-corrected chi connectivity index (χ3v) is 9.36. The van der Waals surface area contributed by atoms with Crippen molar-refractivity contribution in [3.63, 3.8) is 0 Å². The van der Waals surface area contributed by atoms with E-state index in [0.717, 1.165) is 16.7 Å². The number of carboxylic acid groups (broad SMARTS) is 1. The lowest BCUT2D eigenvalue weighted by molar-refractivity contribution is -0.689. The van der Waals surface area contributed by atoms with Crippen LogP contribution in [-0.2, 0) is 20.9 Å². The number of carbonyl (C=O) groups is 4. The smallest absolute Gasteiger partial charge is 0.257 e. The van der Waals surface area contributed by atoms with Gasteiger partial charge >= 0.3 is 0 Å². The molecule has 0 spiro atoms. The molecule has 2 aliphatic heterocycles. The summed E-state index contributed by atoms with van der Waals surface area (Å²) in [7, 11) is 0. The standard InChI is InChI=1S/C24H22Cl3N5O5S2/c25-14-6-16(27)17(7-15(14)26)38-11-18(33)30-19-22(35)32-20(24(36)37)13(10-39-23(19)32)9-31-5-1-2-12(8-31)21(34)29-4-3-28/h1-2,5-8,19,23H,3-4,9-11,28H2,(H2-,29,30,33,34,36,37)/t19-,23-/m1/s1. The highest BCUT2D eigenvalue weighted by atomic mass is 35.5. The largest absolute Gasteiger partial charge is 0.543 e. The average molecular weight is 631 g/mol. The number of carbonyl (C=O) groups excluding carboxylic acids is 4. The van der Waals surface area contributed by atoms with Gasteiger partial charge in [0, 0.05) is 35.4 Å². The molecule has 0 radical (unpaired) electrons. The van der Waals surface area contributed by atoms with Crippen molar-refractivity contribution in [3.05, 3.63) is 68.6 Å². The molecular formula is C24H22Cl3N5O5S2. The summed E-state index contributed by atoms with van der Waals surface area (Å²) in [4.78, 5) is 51.6. The fourth-order valence-electron chi connectivity index (χ4n) is 4.03. The highest BCUT2D eigenvalue weighted by molar-refractivity contribution is 8.00. The molecule has 1 aromatic heterocycles. The van der Waals surface area contributed by atoms with Crippen molar-refractivity contribution in [1.29, 1.82) is 0 Å². The van der Waals surface area contributed by atoms with Crippen molar-refractivity contribution < 1.29 is 28.9 Å². The van der Waals surface area contributed by atoms with Gasteiger partial charge in [-0.2, -0.15) is 0 Å². The van der Waals surface area contributed by atoms with E-state index < -0.39 is 29.2 Å². The minimum Gasteiger partial charge on any atom is -0.543 e. The van der Waals surface area contributed by atoms with Gasteiger partial charge in [-0.3, -0.25) is 19.3 Å². The van der Waals surface area contributed by atoms with Crippen LogP contribution in [0.2, 0.25) is 15.1 Å². The van der Waals surface area contributed by atoms with E-state index in [-0.39, 0.29) is 29.7 Å². The highest BCUT2D eigenvalue weighted by Crippen LogP contribution is 2.40. The van der Waals surface area contributed by atoms with E-state index in [4.69, 9.17) is 40.5 Å². The van der Waals surface area contributed by atoms with Gasteiger partial charge in [-0.15, -0.1) is 23.5 Å². The summed E-state index contributed by atoms with van der Waals surface area (Å²) >= 11 is 20.6. The Morgan fingerprint density at radius 1 is 1.21 bits per heavy atom. The van der Waals surface area contributed by atoms with Gasteiger partial charge in [0.15, 0.2) is 18.9 Å². The van der Waals surface area contributed by atoms with E-state index in [1.165, 1.54) is 17.8 Å². The lowest BCUT2D eigenvalue weighted by Gasteiger charge is -2.50. The van der Waals surface area contributed by atoms with Crippen LogP contribution in [0, 0.1) is 0 Å². The Hall–Kier alpha value is -2.48. The number of amides is 3. The van der Waals surface area contributed by atoms with Crippen molar-refractivity contribution in [2.24, 2.45) is 5.73 Å². The molecule has 1 saturated heterocycles. The zero-order valence-corrected chi connectivity index (χ0v) is 24.0. The van der Waals surface area contributed by atoms with Gasteiger partial charge < -0.3 is 26.3 Å². The van der Waals surface area contributed by atoms with Crippen molar-refractivity contribution in [2.75, 3.05) is 24.6 Å². The number of hydrogen-bond acceptors (Lipinski definition) is 8. The van der Waals surface area contributed by atoms with Gasteiger partial charge in [-0.05, 0) is 18.2 Å². The normalized spacial score (nSPS) is 18.4. The lowest BCUT2D eigenvalue weighted by Crippen LogP contribution is -2.71. The summed E-state index contributed by atoms with van der Waals surface area (Å²) in [6.07, 6.45) is 3.27. The third-order valence-electron chi connectivity index (χ3n) is 5.81. The number of aromatic nitrogens is 1. The van der Waals surface area contributed by atoms with Crippen molar-refractivity contribution in [3.8, 4) is 0 Å². The van der Waals surface area contributed by atoms with Gasteiger partial charge in [-0.1, -0.05) is 34.8 Å². The van der Waals surface area contributed by atoms with Crippen LogP contribution in [-0.4, -0.2) is 64.6 Å². The number of fused-ring (bicyclic) bond motifs is 1. The van der Waals surface area contributed by atoms with E-state index >= 15 is 0 Å². The molecule has 39 heavy (non-hydrogen) atoms. The molecule has 2 aliphatic rings. The second-order valence-electron chi connectivity index (χ2n) is 8.49. The minimum absolute atomic E-state index is 0.0425. The maximum atomic E-state index is 12.9. The maximum absolute atomic E-state index is 12.9. The number of β-lactam (4-membered cyclic amide) rings is 1. The van der Waals surface area contributed by atoms with Crippen LogP contribution in [0.1, 0.15) is 10.4 Å². The molecule has 15 heteroatoms. The van der Waals surface area contributed by atoms with E-state index in [9.17, 15) is 24.3 Å². The molecule has 2 atom stereocenters. The van der Waals surface area contributed by atoms with Crippen LogP contribution in [0.25, 0.3) is 0 Å². The van der Waals surface area contributed by atoms with Gasteiger partial charge in [-0.25, -0.2) is 4.57 Å². The molecule has 3 amide bonds. The summed E-state index contributed by atoms with van der Waals surface area (Å²) in [6, 6.07) is 5.44. The zero-order chi connectivity index (χ0) is 28.3. The SMILES string of the molecule is NCCNC(=O)c1ccc[n+](CC2=C(C(=O)[O-])N3C(=O)[C@@H](NC(=O)CSc4cc(Cl)c(Cl)cc4Cl)[C@H]3SC2)c1. The fraction of sp³-hybridized carbons (Fsp3) is 0.292. The Balaban J connectivity index is 1.42. The molecule has 4 rings (SSSR count). The van der Waals surface area contributed by atoms with E-state index in [1.54, 1.807) is 35.2 Å². The molecule has 10 nitrogen and oxygen atoms in total. The Labute approximate surface area is 247 Å². The van der Waals surface area contributed by atoms with Crippen LogP contribution in [0.5, 0.6) is 0 Å². The first kappa shape index (κ1) is 29.5. The van der Waals surface area contributed by atoms with Gasteiger partial charge in [0.25, 0.3) is 11.8 Å². The zero-order valence-electron chi connectivity index (χ0n) is 20.1. The maximum Gasteiger partial charge on any atom is 0.257 e. The number of nitrogens with two attached hydrogens (primary N) is 1. The Morgan fingerprint density at radius 2 is 1.95 bits per heavy atom. The van der Waals surface area contributed by atoms with Crippen LogP contribution < -0.4 is 26.0 Å². The highest BCUT2D eigenvalue weighted by Gasteiger charge is 2.53. The molecular weight excluding hydrogens is 609 g/mol. The van der Waals surface area contributed by atoms with E-state index in [0.29, 0.717) is 44.2 Å². The molecule has 0 saturated carbocycles. The summed E-state index contributed by atoms with van der Waals surface area (Å²) in [5.74, 6) is -2.53. The Bertz CT molecular complexity index is 1380. The lowest BCUT2D eigenvalue weighted by atomic mass is 10.0. The minimum atomic E-state index is -1.49. The van der Waals surface area contributed by atoms with E-state index in [1.807, 2.05) is 0 Å². The van der Waals surface area contributed by atoms with Crippen LogP contribution >= 0.6 is 58.3 Å². The molecule has 1 aromatic carbocycles. The molecule has 0 aliphatic carbocycles.